The van der Waals surface area contributed by atoms with E-state index < -0.39 is 5.97 Å². The fourth-order valence-electron chi connectivity index (χ4n) is 2.34. The van der Waals surface area contributed by atoms with Crippen LogP contribution in [0.3, 0.4) is 0 Å². The number of hydrogen-bond acceptors (Lipinski definition) is 7. The van der Waals surface area contributed by atoms with E-state index in [1.165, 1.54) is 38.2 Å². The van der Waals surface area contributed by atoms with E-state index in [4.69, 9.17) is 0 Å². The minimum absolute atomic E-state index is 0.123. The van der Waals surface area contributed by atoms with Crippen molar-refractivity contribution in [3.63, 3.8) is 0 Å². The van der Waals surface area contributed by atoms with E-state index in [1.807, 2.05) is 11.9 Å². The number of likely N-dealkylation sites (N-methyl/N-ethyl adjacent to an activating group) is 1. The molecule has 0 N–H and O–H groups in total. The molecule has 116 valence electrons. The van der Waals surface area contributed by atoms with E-state index in [0.29, 0.717) is 10.0 Å². The normalized spacial score (nSPS) is 15.2. The van der Waals surface area contributed by atoms with Crippen molar-refractivity contribution in [2.24, 2.45) is 0 Å². The first-order chi connectivity index (χ1) is 10.0. The number of carbonyl (C=O) groups is 2. The van der Waals surface area contributed by atoms with Crippen LogP contribution in [0.4, 0.5) is 5.13 Å². The van der Waals surface area contributed by atoms with E-state index >= 15 is 0 Å². The largest absolute Gasteiger partial charge is 0.464 e. The van der Waals surface area contributed by atoms with Gasteiger partial charge in [0.15, 0.2) is 16.6 Å². The molecule has 6 nitrogen and oxygen atoms in total. The molecule has 0 unspecified atom stereocenters. The summed E-state index contributed by atoms with van der Waals surface area (Å²) in [5.74, 6) is -0.720. The average Bonchev–Trinajstić information content (AvgIpc) is 3.12. The molecule has 0 radical (unpaired) electrons. The summed E-state index contributed by atoms with van der Waals surface area (Å²) in [7, 11) is 3.22. The minimum Gasteiger partial charge on any atom is -0.464 e. The summed E-state index contributed by atoms with van der Waals surface area (Å²) in [6, 6.07) is 0. The number of methoxy groups -OCH3 is 1. The highest BCUT2D eigenvalue weighted by atomic mass is 32.1. The Morgan fingerprint density at radius 2 is 2.05 bits per heavy atom. The van der Waals surface area contributed by atoms with Crippen molar-refractivity contribution in [2.45, 2.75) is 19.8 Å². The van der Waals surface area contributed by atoms with Gasteiger partial charge in [0.05, 0.1) is 7.11 Å². The number of ether oxygens (including phenoxy) is 1. The Labute approximate surface area is 128 Å². The fraction of sp³-hybridized carbons (Fsp3) is 0.643. The molecule has 1 saturated heterocycles. The number of esters is 1. The lowest BCUT2D eigenvalue weighted by atomic mass is 10.3. The molecule has 0 bridgehead atoms. The van der Waals surface area contributed by atoms with Gasteiger partial charge >= 0.3 is 5.97 Å². The van der Waals surface area contributed by atoms with E-state index in [0.717, 1.165) is 26.2 Å². The molecule has 1 fully saturated rings. The van der Waals surface area contributed by atoms with E-state index in [9.17, 15) is 9.59 Å². The molecule has 0 amide bonds. The van der Waals surface area contributed by atoms with Gasteiger partial charge in [-0.05, 0) is 25.9 Å². The molecular formula is C14H21N3O3S. The van der Waals surface area contributed by atoms with Crippen LogP contribution < -0.4 is 4.90 Å². The van der Waals surface area contributed by atoms with Crippen LogP contribution >= 0.6 is 11.3 Å². The van der Waals surface area contributed by atoms with Gasteiger partial charge in [-0.15, -0.1) is 0 Å². The molecule has 0 aromatic carbocycles. The van der Waals surface area contributed by atoms with Crippen molar-refractivity contribution in [1.29, 1.82) is 0 Å². The lowest BCUT2D eigenvalue weighted by molar-refractivity contribution is 0.0591. The second-order valence-corrected chi connectivity index (χ2v) is 6.17. The monoisotopic (exact) mass is 311 g/mol. The van der Waals surface area contributed by atoms with Crippen molar-refractivity contribution in [1.82, 2.24) is 9.88 Å². The smallest absolute Gasteiger partial charge is 0.358 e. The summed E-state index contributed by atoms with van der Waals surface area (Å²) >= 11 is 1.25. The standard InChI is InChI=1S/C14H21N3O3S/c1-10(18)12-11(13(19)20-3)15-14(21-12)16(2)8-9-17-6-4-5-7-17/h4-9H2,1-3H3. The zero-order valence-corrected chi connectivity index (χ0v) is 13.5. The van der Waals surface area contributed by atoms with Gasteiger partial charge in [0.25, 0.3) is 0 Å². The molecular weight excluding hydrogens is 290 g/mol. The average molecular weight is 311 g/mol. The number of ketones is 1. The first-order valence-electron chi connectivity index (χ1n) is 7.06. The minimum atomic E-state index is -0.560. The lowest BCUT2D eigenvalue weighted by Gasteiger charge is -2.20. The zero-order valence-electron chi connectivity index (χ0n) is 12.7. The Kier molecular flexibility index (Phi) is 5.30. The molecule has 1 aromatic heterocycles. The van der Waals surface area contributed by atoms with Gasteiger partial charge < -0.3 is 14.5 Å². The van der Waals surface area contributed by atoms with Crippen LogP contribution in [0.25, 0.3) is 0 Å². The molecule has 1 aliphatic rings. The molecule has 1 aliphatic heterocycles. The van der Waals surface area contributed by atoms with Gasteiger partial charge in [-0.1, -0.05) is 11.3 Å². The number of aromatic nitrogens is 1. The lowest BCUT2D eigenvalue weighted by Crippen LogP contribution is -2.31. The second kappa shape index (κ2) is 7.00. The summed E-state index contributed by atoms with van der Waals surface area (Å²) in [5, 5.41) is 0.680. The third-order valence-corrected chi connectivity index (χ3v) is 4.86. The maximum Gasteiger partial charge on any atom is 0.358 e. The van der Waals surface area contributed by atoms with Crippen molar-refractivity contribution in [2.75, 3.05) is 45.2 Å². The Morgan fingerprint density at radius 1 is 1.38 bits per heavy atom. The third kappa shape index (κ3) is 3.79. The van der Waals surface area contributed by atoms with Gasteiger partial charge in [-0.2, -0.15) is 0 Å². The van der Waals surface area contributed by atoms with Gasteiger partial charge in [-0.3, -0.25) is 4.79 Å². The van der Waals surface area contributed by atoms with Crippen LogP contribution in [0.15, 0.2) is 0 Å². The molecule has 21 heavy (non-hydrogen) atoms. The van der Waals surface area contributed by atoms with Crippen LogP contribution in [0.2, 0.25) is 0 Å². The van der Waals surface area contributed by atoms with Crippen LogP contribution in [0, 0.1) is 0 Å². The van der Waals surface area contributed by atoms with Crippen LogP contribution in [0.1, 0.15) is 39.9 Å². The Morgan fingerprint density at radius 3 is 2.62 bits per heavy atom. The molecule has 0 saturated carbocycles. The first-order valence-corrected chi connectivity index (χ1v) is 7.88. The zero-order chi connectivity index (χ0) is 15.4. The predicted molar refractivity (Wildman–Crippen MR) is 82.4 cm³/mol. The van der Waals surface area contributed by atoms with Crippen LogP contribution in [-0.2, 0) is 4.74 Å². The number of carbonyl (C=O) groups excluding carboxylic acids is 2. The maximum absolute atomic E-state index is 11.7. The summed E-state index contributed by atoms with van der Waals surface area (Å²) in [6.07, 6.45) is 2.53. The summed E-state index contributed by atoms with van der Waals surface area (Å²) < 4.78 is 4.69. The van der Waals surface area contributed by atoms with Crippen LogP contribution in [0.5, 0.6) is 0 Å². The molecule has 2 rings (SSSR count). The maximum atomic E-state index is 11.7. The van der Waals surface area contributed by atoms with E-state index in [-0.39, 0.29) is 11.5 Å². The molecule has 7 heteroatoms. The highest BCUT2D eigenvalue weighted by molar-refractivity contribution is 7.17. The number of anilines is 1. The molecule has 0 spiro atoms. The molecule has 2 heterocycles. The number of Topliss-reactive ketones (excluding diaryl/α,β-unsaturated/α-hetero) is 1. The third-order valence-electron chi connectivity index (χ3n) is 3.59. The van der Waals surface area contributed by atoms with Crippen molar-refractivity contribution < 1.29 is 14.3 Å². The summed E-state index contributed by atoms with van der Waals surface area (Å²) in [5.41, 5.74) is 0.123. The first kappa shape index (κ1) is 15.9. The van der Waals surface area contributed by atoms with Crippen molar-refractivity contribution >= 4 is 28.2 Å². The number of likely N-dealkylation sites (tertiary alicyclic amines) is 1. The molecule has 1 aromatic rings. The van der Waals surface area contributed by atoms with Crippen LogP contribution in [-0.4, -0.2) is 62.0 Å². The summed E-state index contributed by atoms with van der Waals surface area (Å²) in [4.78, 5) is 32.4. The molecule has 0 aliphatic carbocycles. The second-order valence-electron chi connectivity index (χ2n) is 5.19. The summed E-state index contributed by atoms with van der Waals surface area (Å²) in [6.45, 7) is 5.54. The Balaban J connectivity index is 2.07. The number of thiazole rings is 1. The van der Waals surface area contributed by atoms with Crippen molar-refractivity contribution in [3.8, 4) is 0 Å². The highest BCUT2D eigenvalue weighted by Crippen LogP contribution is 2.26. The van der Waals surface area contributed by atoms with Gasteiger partial charge in [0, 0.05) is 27.1 Å². The molecule has 0 atom stereocenters. The Bertz CT molecular complexity index is 524. The van der Waals surface area contributed by atoms with Gasteiger partial charge in [-0.25, -0.2) is 9.78 Å². The number of hydrogen-bond donors (Lipinski definition) is 0. The quantitative estimate of drug-likeness (QED) is 0.588. The van der Waals surface area contributed by atoms with Gasteiger partial charge in [0.1, 0.15) is 4.88 Å². The highest BCUT2D eigenvalue weighted by Gasteiger charge is 2.23. The van der Waals surface area contributed by atoms with E-state index in [2.05, 4.69) is 14.6 Å². The van der Waals surface area contributed by atoms with Gasteiger partial charge in [0.2, 0.25) is 0 Å². The van der Waals surface area contributed by atoms with E-state index in [1.54, 1.807) is 0 Å². The Hall–Kier alpha value is -1.47. The fourth-order valence-corrected chi connectivity index (χ4v) is 3.28. The SMILES string of the molecule is COC(=O)c1nc(N(C)CCN2CCCC2)sc1C(C)=O. The number of nitrogens with zero attached hydrogens (tertiary/aromatic N) is 3. The number of rotatable bonds is 6. The topological polar surface area (TPSA) is 62.7 Å². The van der Waals surface area contributed by atoms with Crippen molar-refractivity contribution in [3.05, 3.63) is 10.6 Å². The predicted octanol–water partition coefficient (Wildman–Crippen LogP) is 1.66.